The number of aromatic nitrogens is 1. The summed E-state index contributed by atoms with van der Waals surface area (Å²) < 4.78 is 0. The van der Waals surface area contributed by atoms with Crippen LogP contribution in [0.4, 0.5) is 0 Å². The Labute approximate surface area is 123 Å². The van der Waals surface area contributed by atoms with E-state index in [2.05, 4.69) is 10.3 Å². The number of nitrogens with zero attached hydrogens (tertiary/aromatic N) is 2. The highest BCUT2D eigenvalue weighted by molar-refractivity contribution is 7.09. The maximum Gasteiger partial charge on any atom is 0.248 e. The van der Waals surface area contributed by atoms with Gasteiger partial charge in [0, 0.05) is 37.0 Å². The molecule has 1 aromatic heterocycles. The maximum absolute atomic E-state index is 12.6. The van der Waals surface area contributed by atoms with Crippen molar-refractivity contribution in [3.63, 3.8) is 0 Å². The molecule has 1 aromatic rings. The van der Waals surface area contributed by atoms with Crippen LogP contribution >= 0.6 is 11.3 Å². The number of thiazole rings is 1. The molecule has 1 atom stereocenters. The first kappa shape index (κ1) is 15.0. The van der Waals surface area contributed by atoms with Crippen LogP contribution in [-0.2, 0) is 16.0 Å². The van der Waals surface area contributed by atoms with Crippen molar-refractivity contribution in [1.29, 1.82) is 0 Å². The van der Waals surface area contributed by atoms with Crippen LogP contribution in [-0.4, -0.2) is 40.3 Å². The molecule has 1 fully saturated rings. The fourth-order valence-electron chi connectivity index (χ4n) is 2.31. The molecule has 0 radical (unpaired) electrons. The van der Waals surface area contributed by atoms with Gasteiger partial charge in [-0.2, -0.15) is 0 Å². The zero-order valence-corrected chi connectivity index (χ0v) is 13.0. The molecule has 1 N–H and O–H groups in total. The normalized spacial score (nSPS) is 23.6. The van der Waals surface area contributed by atoms with E-state index in [1.54, 1.807) is 23.2 Å². The van der Waals surface area contributed by atoms with E-state index >= 15 is 0 Å². The van der Waals surface area contributed by atoms with Crippen LogP contribution in [0.5, 0.6) is 0 Å². The number of aryl methyl sites for hydroxylation is 1. The Bertz CT molecular complexity index is 514. The average Bonchev–Trinajstić information content (AvgIpc) is 2.79. The van der Waals surface area contributed by atoms with Crippen LogP contribution in [0.2, 0.25) is 0 Å². The maximum atomic E-state index is 12.6. The summed E-state index contributed by atoms with van der Waals surface area (Å²) >= 11 is 1.62. The van der Waals surface area contributed by atoms with Crippen LogP contribution in [0.3, 0.4) is 0 Å². The number of rotatable bonds is 4. The van der Waals surface area contributed by atoms with Gasteiger partial charge in [0.15, 0.2) is 0 Å². The van der Waals surface area contributed by atoms with Gasteiger partial charge in [0.1, 0.15) is 5.54 Å². The Balaban J connectivity index is 2.06. The minimum absolute atomic E-state index is 0.0131. The average molecular weight is 295 g/mol. The Morgan fingerprint density at radius 2 is 2.25 bits per heavy atom. The first-order valence-electron chi connectivity index (χ1n) is 6.96. The molecule has 1 aliphatic rings. The van der Waals surface area contributed by atoms with Crippen molar-refractivity contribution in [1.82, 2.24) is 15.2 Å². The molecule has 0 aromatic carbocycles. The Kier molecular flexibility index (Phi) is 4.42. The molecular formula is C14H21N3O2S. The molecule has 0 aliphatic carbocycles. The molecule has 1 saturated heterocycles. The van der Waals surface area contributed by atoms with Gasteiger partial charge in [0.05, 0.1) is 5.01 Å². The van der Waals surface area contributed by atoms with Crippen molar-refractivity contribution in [2.24, 2.45) is 0 Å². The quantitative estimate of drug-likeness (QED) is 0.916. The van der Waals surface area contributed by atoms with Gasteiger partial charge in [-0.1, -0.05) is 6.92 Å². The molecule has 0 saturated carbocycles. The second-order valence-electron chi connectivity index (χ2n) is 5.41. The second-order valence-corrected chi connectivity index (χ2v) is 6.35. The highest BCUT2D eigenvalue weighted by atomic mass is 32.1. The van der Waals surface area contributed by atoms with E-state index in [0.717, 1.165) is 17.1 Å². The topological polar surface area (TPSA) is 62.3 Å². The lowest BCUT2D eigenvalue weighted by Crippen LogP contribution is -2.54. The molecule has 110 valence electrons. The van der Waals surface area contributed by atoms with Crippen LogP contribution in [0.15, 0.2) is 5.38 Å². The van der Waals surface area contributed by atoms with Gasteiger partial charge in [-0.3, -0.25) is 9.59 Å². The summed E-state index contributed by atoms with van der Waals surface area (Å²) in [6.07, 6.45) is 1.72. The monoisotopic (exact) mass is 295 g/mol. The predicted octanol–water partition coefficient (Wildman–Crippen LogP) is 1.51. The number of hydrogen-bond donors (Lipinski definition) is 1. The summed E-state index contributed by atoms with van der Waals surface area (Å²) in [6.45, 7) is 6.81. The van der Waals surface area contributed by atoms with Crippen molar-refractivity contribution in [3.8, 4) is 0 Å². The molecule has 2 rings (SSSR count). The third-order valence-corrected chi connectivity index (χ3v) is 4.78. The molecule has 1 unspecified atom stereocenters. The fraction of sp³-hybridized carbons (Fsp3) is 0.643. The molecule has 1 aliphatic heterocycles. The minimum atomic E-state index is -0.771. The zero-order valence-electron chi connectivity index (χ0n) is 12.2. The minimum Gasteiger partial charge on any atom is -0.342 e. The molecule has 2 amide bonds. The SMILES string of the molecule is CCC1(C)NC(=O)CCN(CCc2nc(C)cs2)C1=O. The van der Waals surface area contributed by atoms with Gasteiger partial charge in [-0.25, -0.2) is 4.98 Å². The van der Waals surface area contributed by atoms with E-state index in [1.165, 1.54) is 0 Å². The van der Waals surface area contributed by atoms with E-state index in [-0.39, 0.29) is 11.8 Å². The zero-order chi connectivity index (χ0) is 14.8. The molecule has 0 spiro atoms. The van der Waals surface area contributed by atoms with Crippen LogP contribution in [0.1, 0.15) is 37.4 Å². The summed E-state index contributed by atoms with van der Waals surface area (Å²) in [7, 11) is 0. The van der Waals surface area contributed by atoms with Gasteiger partial charge in [-0.15, -0.1) is 11.3 Å². The van der Waals surface area contributed by atoms with Crippen LogP contribution in [0.25, 0.3) is 0 Å². The first-order chi connectivity index (χ1) is 9.44. The van der Waals surface area contributed by atoms with E-state index in [1.807, 2.05) is 19.2 Å². The third kappa shape index (κ3) is 3.17. The van der Waals surface area contributed by atoms with Crippen LogP contribution < -0.4 is 5.32 Å². The highest BCUT2D eigenvalue weighted by Gasteiger charge is 2.38. The number of nitrogens with one attached hydrogen (secondary N) is 1. The molecule has 5 nitrogen and oxygen atoms in total. The first-order valence-corrected chi connectivity index (χ1v) is 7.84. The van der Waals surface area contributed by atoms with Gasteiger partial charge in [0.2, 0.25) is 11.8 Å². The van der Waals surface area contributed by atoms with Crippen molar-refractivity contribution >= 4 is 23.2 Å². The predicted molar refractivity (Wildman–Crippen MR) is 78.6 cm³/mol. The third-order valence-electron chi connectivity index (χ3n) is 3.75. The Hall–Kier alpha value is -1.43. The lowest BCUT2D eigenvalue weighted by atomic mass is 9.97. The summed E-state index contributed by atoms with van der Waals surface area (Å²) in [4.78, 5) is 30.5. The smallest absolute Gasteiger partial charge is 0.248 e. The van der Waals surface area contributed by atoms with E-state index in [9.17, 15) is 9.59 Å². The number of carbonyl (C=O) groups is 2. The van der Waals surface area contributed by atoms with E-state index in [4.69, 9.17) is 0 Å². The fourth-order valence-corrected chi connectivity index (χ4v) is 3.08. The molecule has 0 bridgehead atoms. The van der Waals surface area contributed by atoms with Crippen molar-refractivity contribution in [2.75, 3.05) is 13.1 Å². The summed E-state index contributed by atoms with van der Waals surface area (Å²) in [5.41, 5.74) is 0.245. The lowest BCUT2D eigenvalue weighted by Gasteiger charge is -2.31. The largest absolute Gasteiger partial charge is 0.342 e. The highest BCUT2D eigenvalue weighted by Crippen LogP contribution is 2.18. The van der Waals surface area contributed by atoms with Crippen LogP contribution in [0, 0.1) is 6.92 Å². The van der Waals surface area contributed by atoms with E-state index in [0.29, 0.717) is 25.9 Å². The van der Waals surface area contributed by atoms with Gasteiger partial charge < -0.3 is 10.2 Å². The molecule has 20 heavy (non-hydrogen) atoms. The summed E-state index contributed by atoms with van der Waals surface area (Å²) in [5.74, 6) is -0.0329. The number of amides is 2. The Morgan fingerprint density at radius 3 is 2.85 bits per heavy atom. The molecular weight excluding hydrogens is 274 g/mol. The summed E-state index contributed by atoms with van der Waals surface area (Å²) in [5, 5.41) is 5.90. The lowest BCUT2D eigenvalue weighted by molar-refractivity contribution is -0.138. The number of hydrogen-bond acceptors (Lipinski definition) is 4. The molecule has 6 heteroatoms. The van der Waals surface area contributed by atoms with Crippen molar-refractivity contribution in [2.45, 2.75) is 45.6 Å². The van der Waals surface area contributed by atoms with Gasteiger partial charge in [0.25, 0.3) is 0 Å². The van der Waals surface area contributed by atoms with Crippen molar-refractivity contribution in [3.05, 3.63) is 16.1 Å². The standard InChI is InChI=1S/C14H21N3O2S/c1-4-14(3)13(19)17(7-5-11(18)16-14)8-6-12-15-10(2)9-20-12/h9H,4-8H2,1-3H3,(H,16,18). The summed E-state index contributed by atoms with van der Waals surface area (Å²) in [6, 6.07) is 0. The second kappa shape index (κ2) is 5.91. The molecule has 2 heterocycles. The van der Waals surface area contributed by atoms with Gasteiger partial charge in [-0.05, 0) is 20.3 Å². The van der Waals surface area contributed by atoms with E-state index < -0.39 is 5.54 Å². The van der Waals surface area contributed by atoms with Gasteiger partial charge >= 0.3 is 0 Å². The van der Waals surface area contributed by atoms with Crippen molar-refractivity contribution < 1.29 is 9.59 Å². The number of carbonyl (C=O) groups excluding carboxylic acids is 2. The Morgan fingerprint density at radius 1 is 1.50 bits per heavy atom.